The molecule has 12 heteroatoms. The second-order valence-corrected chi connectivity index (χ2v) is 11.5. The number of ether oxygens (including phenoxy) is 2. The SMILES string of the molecule is CC1(C)COCCN1C(=O)C1CCN(c2ccc(S(=O)(=O)N3CCOCC3)cc2[N+](=O)[O-])CC1. The summed E-state index contributed by atoms with van der Waals surface area (Å²) in [5.41, 5.74) is -0.218. The zero-order chi connectivity index (χ0) is 24.5. The van der Waals surface area contributed by atoms with Crippen LogP contribution in [-0.2, 0) is 24.3 Å². The molecular formula is C22H32N4O7S. The molecule has 0 unspecified atom stereocenters. The number of carbonyl (C=O) groups excluding carboxylic acids is 1. The van der Waals surface area contributed by atoms with Crippen molar-refractivity contribution in [2.24, 2.45) is 5.92 Å². The van der Waals surface area contributed by atoms with Gasteiger partial charge < -0.3 is 19.3 Å². The number of nitrogens with zero attached hydrogens (tertiary/aromatic N) is 4. The molecule has 0 aromatic heterocycles. The summed E-state index contributed by atoms with van der Waals surface area (Å²) in [4.78, 5) is 28.1. The first-order valence-electron chi connectivity index (χ1n) is 11.6. The largest absolute Gasteiger partial charge is 0.379 e. The van der Waals surface area contributed by atoms with E-state index in [1.165, 1.54) is 16.4 Å². The van der Waals surface area contributed by atoms with Crippen LogP contribution in [-0.4, -0.2) is 93.1 Å². The van der Waals surface area contributed by atoms with Gasteiger partial charge in [-0.05, 0) is 38.8 Å². The Hall–Kier alpha value is -2.28. The third-order valence-electron chi connectivity index (χ3n) is 6.85. The Morgan fingerprint density at radius 2 is 1.71 bits per heavy atom. The fraction of sp³-hybridized carbons (Fsp3) is 0.682. The monoisotopic (exact) mass is 496 g/mol. The number of rotatable bonds is 5. The van der Waals surface area contributed by atoms with Crippen LogP contribution in [0.1, 0.15) is 26.7 Å². The van der Waals surface area contributed by atoms with Gasteiger partial charge in [-0.2, -0.15) is 4.31 Å². The van der Waals surface area contributed by atoms with Crippen molar-refractivity contribution in [3.63, 3.8) is 0 Å². The van der Waals surface area contributed by atoms with E-state index in [1.807, 2.05) is 23.6 Å². The molecule has 11 nitrogen and oxygen atoms in total. The van der Waals surface area contributed by atoms with Crippen LogP contribution in [0.5, 0.6) is 0 Å². The predicted octanol–water partition coefficient (Wildman–Crippen LogP) is 1.47. The van der Waals surface area contributed by atoms with E-state index in [2.05, 4.69) is 0 Å². The molecule has 0 atom stereocenters. The van der Waals surface area contributed by atoms with E-state index >= 15 is 0 Å². The molecule has 4 rings (SSSR count). The molecule has 3 saturated heterocycles. The Labute approximate surface area is 199 Å². The van der Waals surface area contributed by atoms with Crippen molar-refractivity contribution >= 4 is 27.3 Å². The quantitative estimate of drug-likeness (QED) is 0.444. The molecule has 1 aromatic rings. The topological polar surface area (TPSA) is 123 Å². The van der Waals surface area contributed by atoms with Crippen LogP contribution in [0.4, 0.5) is 11.4 Å². The Bertz CT molecular complexity index is 1030. The summed E-state index contributed by atoms with van der Waals surface area (Å²) in [6, 6.07) is 4.09. The fourth-order valence-electron chi connectivity index (χ4n) is 4.87. The average Bonchev–Trinajstić information content (AvgIpc) is 2.83. The maximum Gasteiger partial charge on any atom is 0.293 e. The molecule has 0 saturated carbocycles. The van der Waals surface area contributed by atoms with Crippen molar-refractivity contribution in [2.75, 3.05) is 64.1 Å². The molecule has 3 aliphatic heterocycles. The Morgan fingerprint density at radius 3 is 2.32 bits per heavy atom. The summed E-state index contributed by atoms with van der Waals surface area (Å²) in [5, 5.41) is 11.8. The average molecular weight is 497 g/mol. The van der Waals surface area contributed by atoms with Crippen LogP contribution >= 0.6 is 0 Å². The van der Waals surface area contributed by atoms with E-state index in [9.17, 15) is 23.3 Å². The Balaban J connectivity index is 1.48. The smallest absolute Gasteiger partial charge is 0.293 e. The lowest BCUT2D eigenvalue weighted by atomic mass is 9.92. The number of morpholine rings is 2. The first-order valence-corrected chi connectivity index (χ1v) is 13.1. The number of nitro benzene ring substituents is 1. The van der Waals surface area contributed by atoms with Gasteiger partial charge in [0.25, 0.3) is 5.69 Å². The van der Waals surface area contributed by atoms with Gasteiger partial charge in [0.05, 0.1) is 41.8 Å². The third kappa shape index (κ3) is 4.90. The number of benzene rings is 1. The summed E-state index contributed by atoms with van der Waals surface area (Å²) < 4.78 is 37.9. The number of piperidine rings is 1. The van der Waals surface area contributed by atoms with Gasteiger partial charge >= 0.3 is 0 Å². The lowest BCUT2D eigenvalue weighted by molar-refractivity contribution is -0.384. The number of nitro groups is 1. The predicted molar refractivity (Wildman–Crippen MR) is 124 cm³/mol. The number of carbonyl (C=O) groups is 1. The van der Waals surface area contributed by atoms with Gasteiger partial charge in [0, 0.05) is 44.7 Å². The summed E-state index contributed by atoms with van der Waals surface area (Å²) >= 11 is 0. The number of amides is 1. The van der Waals surface area contributed by atoms with Crippen LogP contribution < -0.4 is 4.90 Å². The van der Waals surface area contributed by atoms with Gasteiger partial charge in [-0.25, -0.2) is 8.42 Å². The summed E-state index contributed by atoms with van der Waals surface area (Å²) in [6.07, 6.45) is 1.16. The summed E-state index contributed by atoms with van der Waals surface area (Å²) in [6.45, 7) is 7.60. The highest BCUT2D eigenvalue weighted by molar-refractivity contribution is 7.89. The summed E-state index contributed by atoms with van der Waals surface area (Å²) in [7, 11) is -3.84. The molecule has 1 aromatic carbocycles. The van der Waals surface area contributed by atoms with Gasteiger partial charge in [0.1, 0.15) is 5.69 Å². The highest BCUT2D eigenvalue weighted by Crippen LogP contribution is 2.35. The Kier molecular flexibility index (Phi) is 7.13. The van der Waals surface area contributed by atoms with Crippen molar-refractivity contribution in [1.82, 2.24) is 9.21 Å². The van der Waals surface area contributed by atoms with E-state index in [1.54, 1.807) is 0 Å². The second kappa shape index (κ2) is 9.76. The van der Waals surface area contributed by atoms with E-state index < -0.39 is 14.9 Å². The number of anilines is 1. The van der Waals surface area contributed by atoms with E-state index in [0.29, 0.717) is 64.6 Å². The van der Waals surface area contributed by atoms with Gasteiger partial charge in [-0.15, -0.1) is 0 Å². The number of hydrogen-bond donors (Lipinski definition) is 0. The maximum atomic E-state index is 13.2. The summed E-state index contributed by atoms with van der Waals surface area (Å²) in [5.74, 6) is -0.0388. The van der Waals surface area contributed by atoms with Crippen molar-refractivity contribution in [1.29, 1.82) is 0 Å². The molecule has 188 valence electrons. The maximum absolute atomic E-state index is 13.2. The lowest BCUT2D eigenvalue weighted by Crippen LogP contribution is -2.57. The molecule has 1 amide bonds. The van der Waals surface area contributed by atoms with Crippen molar-refractivity contribution in [2.45, 2.75) is 37.1 Å². The molecule has 0 spiro atoms. The Morgan fingerprint density at radius 1 is 1.06 bits per heavy atom. The van der Waals surface area contributed by atoms with E-state index in [-0.39, 0.29) is 41.0 Å². The molecule has 0 N–H and O–H groups in total. The normalized spacial score (nSPS) is 22.5. The van der Waals surface area contributed by atoms with Crippen molar-refractivity contribution < 1.29 is 27.6 Å². The first kappa shape index (κ1) is 24.8. The van der Waals surface area contributed by atoms with Gasteiger partial charge in [-0.1, -0.05) is 0 Å². The number of hydrogen-bond acceptors (Lipinski definition) is 8. The fourth-order valence-corrected chi connectivity index (χ4v) is 6.30. The van der Waals surface area contributed by atoms with Gasteiger partial charge in [0.2, 0.25) is 15.9 Å². The molecular weight excluding hydrogens is 464 g/mol. The lowest BCUT2D eigenvalue weighted by Gasteiger charge is -2.44. The highest BCUT2D eigenvalue weighted by atomic mass is 32.2. The zero-order valence-corrected chi connectivity index (χ0v) is 20.5. The van der Waals surface area contributed by atoms with Crippen LogP contribution in [0.2, 0.25) is 0 Å². The van der Waals surface area contributed by atoms with Gasteiger partial charge in [0.15, 0.2) is 0 Å². The van der Waals surface area contributed by atoms with Crippen molar-refractivity contribution in [3.8, 4) is 0 Å². The molecule has 0 bridgehead atoms. The standard InChI is InChI=1S/C22H32N4O7S/c1-22(2)16-33-14-11-25(22)21(27)17-5-7-23(8-6-17)19-4-3-18(15-20(19)26(28)29)34(30,31)24-9-12-32-13-10-24/h3-4,15,17H,5-14,16H2,1-2H3. The molecule has 0 aliphatic carbocycles. The zero-order valence-electron chi connectivity index (χ0n) is 19.6. The van der Waals surface area contributed by atoms with E-state index in [0.717, 1.165) is 6.07 Å². The number of sulfonamides is 1. The molecule has 34 heavy (non-hydrogen) atoms. The van der Waals surface area contributed by atoms with E-state index in [4.69, 9.17) is 9.47 Å². The second-order valence-electron chi connectivity index (χ2n) is 9.54. The van der Waals surface area contributed by atoms with Crippen LogP contribution in [0.25, 0.3) is 0 Å². The molecule has 0 radical (unpaired) electrons. The van der Waals surface area contributed by atoms with Crippen molar-refractivity contribution in [3.05, 3.63) is 28.3 Å². The van der Waals surface area contributed by atoms with Crippen LogP contribution in [0, 0.1) is 16.0 Å². The van der Waals surface area contributed by atoms with Crippen LogP contribution in [0.3, 0.4) is 0 Å². The minimum atomic E-state index is -3.84. The van der Waals surface area contributed by atoms with Gasteiger partial charge in [-0.3, -0.25) is 14.9 Å². The molecule has 3 aliphatic rings. The minimum absolute atomic E-state index is 0.0931. The first-order chi connectivity index (χ1) is 16.1. The minimum Gasteiger partial charge on any atom is -0.379 e. The molecule has 3 fully saturated rings. The van der Waals surface area contributed by atoms with Crippen LogP contribution in [0.15, 0.2) is 23.1 Å². The highest BCUT2D eigenvalue weighted by Gasteiger charge is 2.39. The molecule has 3 heterocycles. The third-order valence-corrected chi connectivity index (χ3v) is 8.74.